The topological polar surface area (TPSA) is 91.1 Å². The number of amides is 2. The Labute approximate surface area is 183 Å². The van der Waals surface area contributed by atoms with E-state index in [1.165, 1.54) is 19.8 Å². The molecule has 0 aliphatic heterocycles. The molecule has 31 heavy (non-hydrogen) atoms. The number of carbonyl (C=O) groups excluding carboxylic acids is 2. The van der Waals surface area contributed by atoms with Gasteiger partial charge in [-0.2, -0.15) is 0 Å². The van der Waals surface area contributed by atoms with Crippen LogP contribution in [0.25, 0.3) is 0 Å². The van der Waals surface area contributed by atoms with Crippen molar-refractivity contribution in [3.05, 3.63) is 53.1 Å². The first-order chi connectivity index (χ1) is 14.8. The van der Waals surface area contributed by atoms with Gasteiger partial charge in [0.25, 0.3) is 11.8 Å². The van der Waals surface area contributed by atoms with E-state index in [0.717, 1.165) is 18.4 Å². The van der Waals surface area contributed by atoms with Crippen molar-refractivity contribution >= 4 is 11.8 Å². The van der Waals surface area contributed by atoms with Gasteiger partial charge in [0, 0.05) is 18.2 Å². The molecule has 2 aromatic rings. The Balaban J connectivity index is 1.86. The van der Waals surface area contributed by atoms with Gasteiger partial charge in [0.15, 0.2) is 18.1 Å². The largest absolute Gasteiger partial charge is 0.493 e. The fraction of sp³-hybridized carbons (Fsp3) is 0.417. The molecule has 0 radical (unpaired) electrons. The van der Waals surface area contributed by atoms with E-state index < -0.39 is 5.91 Å². The molecule has 166 valence electrons. The highest BCUT2D eigenvalue weighted by atomic mass is 16.5. The van der Waals surface area contributed by atoms with Gasteiger partial charge in [0.2, 0.25) is 5.75 Å². The molecule has 2 N–H and O–H groups in total. The molecule has 1 aliphatic carbocycles. The van der Waals surface area contributed by atoms with Crippen LogP contribution in [0.5, 0.6) is 17.2 Å². The summed E-state index contributed by atoms with van der Waals surface area (Å²) in [6, 6.07) is 11.8. The fourth-order valence-corrected chi connectivity index (χ4v) is 3.41. The Morgan fingerprint density at radius 2 is 1.65 bits per heavy atom. The second kappa shape index (κ2) is 9.73. The van der Waals surface area contributed by atoms with E-state index >= 15 is 0 Å². The van der Waals surface area contributed by atoms with Gasteiger partial charge in [0.1, 0.15) is 0 Å². The maximum atomic E-state index is 13.4. The maximum absolute atomic E-state index is 13.4. The Morgan fingerprint density at radius 1 is 1.06 bits per heavy atom. The molecule has 7 heteroatoms. The summed E-state index contributed by atoms with van der Waals surface area (Å²) in [5.41, 5.74) is 7.97. The van der Waals surface area contributed by atoms with Gasteiger partial charge in [-0.25, -0.2) is 0 Å². The van der Waals surface area contributed by atoms with Crippen molar-refractivity contribution in [2.45, 2.75) is 45.2 Å². The molecule has 0 spiro atoms. The average Bonchev–Trinajstić information content (AvgIpc) is 3.60. The molecule has 2 aromatic carbocycles. The van der Waals surface area contributed by atoms with Gasteiger partial charge in [-0.15, -0.1) is 0 Å². The van der Waals surface area contributed by atoms with E-state index in [1.807, 2.05) is 4.90 Å². The minimum Gasteiger partial charge on any atom is -0.493 e. The maximum Gasteiger partial charge on any atom is 0.255 e. The van der Waals surface area contributed by atoms with E-state index in [2.05, 4.69) is 38.1 Å². The Kier molecular flexibility index (Phi) is 7.05. The van der Waals surface area contributed by atoms with Crippen LogP contribution in [0.2, 0.25) is 0 Å². The van der Waals surface area contributed by atoms with E-state index in [1.54, 1.807) is 12.1 Å². The van der Waals surface area contributed by atoms with Crippen molar-refractivity contribution < 1.29 is 23.8 Å². The Morgan fingerprint density at radius 3 is 2.10 bits per heavy atom. The summed E-state index contributed by atoms with van der Waals surface area (Å²) in [5, 5.41) is 0. The summed E-state index contributed by atoms with van der Waals surface area (Å²) < 4.78 is 16.2. The average molecular weight is 427 g/mol. The molecule has 0 bridgehead atoms. The predicted molar refractivity (Wildman–Crippen MR) is 118 cm³/mol. The third-order valence-electron chi connectivity index (χ3n) is 5.31. The number of nitrogens with zero attached hydrogens (tertiary/aromatic N) is 1. The first-order valence-electron chi connectivity index (χ1n) is 10.4. The van der Waals surface area contributed by atoms with Gasteiger partial charge in [0.05, 0.1) is 14.2 Å². The number of benzene rings is 2. The quantitative estimate of drug-likeness (QED) is 0.628. The molecule has 0 saturated heterocycles. The lowest BCUT2D eigenvalue weighted by atomic mass is 10.0. The first kappa shape index (κ1) is 22.5. The Bertz CT molecular complexity index is 910. The van der Waals surface area contributed by atoms with E-state index in [-0.39, 0.29) is 24.3 Å². The van der Waals surface area contributed by atoms with Crippen molar-refractivity contribution in [2.24, 2.45) is 5.73 Å². The van der Waals surface area contributed by atoms with Crippen LogP contribution in [-0.4, -0.2) is 43.6 Å². The molecule has 1 fully saturated rings. The van der Waals surface area contributed by atoms with Crippen LogP contribution in [0.1, 0.15) is 54.1 Å². The molecule has 2 amide bonds. The van der Waals surface area contributed by atoms with Crippen molar-refractivity contribution in [1.82, 2.24) is 4.90 Å². The van der Waals surface area contributed by atoms with Crippen LogP contribution < -0.4 is 19.9 Å². The van der Waals surface area contributed by atoms with Gasteiger partial charge in [-0.05, 0) is 42.0 Å². The van der Waals surface area contributed by atoms with Gasteiger partial charge >= 0.3 is 0 Å². The van der Waals surface area contributed by atoms with Gasteiger partial charge < -0.3 is 24.8 Å². The molecular formula is C24H30N2O5. The van der Waals surface area contributed by atoms with Crippen molar-refractivity contribution in [1.29, 1.82) is 0 Å². The molecule has 3 rings (SSSR count). The standard InChI is InChI=1S/C24H30N2O5/c1-15(2)17-7-5-16(6-8-17)13-26(19-9-10-19)24(28)18-11-20(29-3)23(21(12-18)30-4)31-14-22(25)27/h5-8,11-12,15,19H,9-10,13-14H2,1-4H3,(H2,25,27). The van der Waals surface area contributed by atoms with Crippen LogP contribution in [-0.2, 0) is 11.3 Å². The van der Waals surface area contributed by atoms with Gasteiger partial charge in [-0.1, -0.05) is 38.1 Å². The summed E-state index contributed by atoms with van der Waals surface area (Å²) in [4.78, 5) is 26.4. The van der Waals surface area contributed by atoms with Crippen molar-refractivity contribution in [2.75, 3.05) is 20.8 Å². The Hall–Kier alpha value is -3.22. The lowest BCUT2D eigenvalue weighted by molar-refractivity contribution is -0.120. The molecule has 1 aliphatic rings. The van der Waals surface area contributed by atoms with E-state index in [0.29, 0.717) is 29.5 Å². The molecule has 0 heterocycles. The van der Waals surface area contributed by atoms with Crippen molar-refractivity contribution in [3.8, 4) is 17.2 Å². The van der Waals surface area contributed by atoms with Crippen LogP contribution in [0, 0.1) is 0 Å². The number of hydrogen-bond acceptors (Lipinski definition) is 5. The van der Waals surface area contributed by atoms with Crippen LogP contribution in [0.3, 0.4) is 0 Å². The third kappa shape index (κ3) is 5.48. The highest BCUT2D eigenvalue weighted by Crippen LogP contribution is 2.40. The summed E-state index contributed by atoms with van der Waals surface area (Å²) in [6.07, 6.45) is 1.98. The molecule has 1 saturated carbocycles. The summed E-state index contributed by atoms with van der Waals surface area (Å²) in [6.45, 7) is 4.53. The van der Waals surface area contributed by atoms with E-state index in [4.69, 9.17) is 19.9 Å². The minimum atomic E-state index is -0.618. The normalized spacial score (nSPS) is 13.1. The number of primary amides is 1. The monoisotopic (exact) mass is 426 g/mol. The number of rotatable bonds is 10. The zero-order chi connectivity index (χ0) is 22.5. The lowest BCUT2D eigenvalue weighted by Crippen LogP contribution is -2.32. The second-order valence-electron chi connectivity index (χ2n) is 8.03. The molecule has 0 atom stereocenters. The third-order valence-corrected chi connectivity index (χ3v) is 5.31. The molecular weight excluding hydrogens is 396 g/mol. The number of methoxy groups -OCH3 is 2. The summed E-state index contributed by atoms with van der Waals surface area (Å²) in [7, 11) is 2.93. The zero-order valence-electron chi connectivity index (χ0n) is 18.5. The number of hydrogen-bond donors (Lipinski definition) is 1. The number of carbonyl (C=O) groups is 2. The lowest BCUT2D eigenvalue weighted by Gasteiger charge is -2.24. The van der Waals surface area contributed by atoms with Crippen LogP contribution >= 0.6 is 0 Å². The van der Waals surface area contributed by atoms with Gasteiger partial charge in [-0.3, -0.25) is 9.59 Å². The molecule has 0 unspecified atom stereocenters. The molecule has 7 nitrogen and oxygen atoms in total. The smallest absolute Gasteiger partial charge is 0.255 e. The molecule has 0 aromatic heterocycles. The highest BCUT2D eigenvalue weighted by Gasteiger charge is 2.34. The van der Waals surface area contributed by atoms with Crippen molar-refractivity contribution in [3.63, 3.8) is 0 Å². The predicted octanol–water partition coefficient (Wildman–Crippen LogP) is 3.50. The fourth-order valence-electron chi connectivity index (χ4n) is 3.41. The van der Waals surface area contributed by atoms with Crippen LogP contribution in [0.15, 0.2) is 36.4 Å². The number of nitrogens with two attached hydrogens (primary N) is 1. The first-order valence-corrected chi connectivity index (χ1v) is 10.4. The summed E-state index contributed by atoms with van der Waals surface area (Å²) >= 11 is 0. The number of ether oxygens (including phenoxy) is 3. The second-order valence-corrected chi connectivity index (χ2v) is 8.03. The summed E-state index contributed by atoms with van der Waals surface area (Å²) in [5.74, 6) is 0.594. The highest BCUT2D eigenvalue weighted by molar-refractivity contribution is 5.96. The van der Waals surface area contributed by atoms with Crippen LogP contribution in [0.4, 0.5) is 0 Å². The minimum absolute atomic E-state index is 0.103. The SMILES string of the molecule is COc1cc(C(=O)N(Cc2ccc(C(C)C)cc2)C2CC2)cc(OC)c1OCC(N)=O. The zero-order valence-corrected chi connectivity index (χ0v) is 18.5. The van der Waals surface area contributed by atoms with E-state index in [9.17, 15) is 9.59 Å².